The third-order valence-electron chi connectivity index (χ3n) is 3.61. The van der Waals surface area contributed by atoms with Gasteiger partial charge < -0.3 is 9.80 Å². The summed E-state index contributed by atoms with van der Waals surface area (Å²) < 4.78 is 13.2. The van der Waals surface area contributed by atoms with Gasteiger partial charge >= 0.3 is 0 Å². The van der Waals surface area contributed by atoms with Crippen molar-refractivity contribution in [1.29, 1.82) is 0 Å². The number of pyridine rings is 2. The maximum absolute atomic E-state index is 13.2. The molecule has 3 rings (SSSR count). The summed E-state index contributed by atoms with van der Waals surface area (Å²) in [5.41, 5.74) is 1.19. The number of halogens is 2. The van der Waals surface area contributed by atoms with Gasteiger partial charge in [-0.05, 0) is 12.1 Å². The molecule has 22 heavy (non-hydrogen) atoms. The largest absolute Gasteiger partial charge is 0.367 e. The van der Waals surface area contributed by atoms with Gasteiger partial charge in [0.15, 0.2) is 0 Å². The predicted molar refractivity (Wildman–Crippen MR) is 81.6 cm³/mol. The monoisotopic (exact) mass is 320 g/mol. The lowest BCUT2D eigenvalue weighted by atomic mass is 10.2. The van der Waals surface area contributed by atoms with Crippen molar-refractivity contribution >= 4 is 23.2 Å². The second kappa shape index (κ2) is 6.27. The van der Waals surface area contributed by atoms with Crippen molar-refractivity contribution in [3.8, 4) is 0 Å². The number of anilines is 1. The molecule has 1 amide bonds. The first-order valence-corrected chi connectivity index (χ1v) is 7.27. The first-order chi connectivity index (χ1) is 10.6. The van der Waals surface area contributed by atoms with Crippen molar-refractivity contribution in [2.24, 2.45) is 0 Å². The van der Waals surface area contributed by atoms with Gasteiger partial charge in [0.2, 0.25) is 0 Å². The van der Waals surface area contributed by atoms with Crippen LogP contribution < -0.4 is 4.90 Å². The minimum Gasteiger partial charge on any atom is -0.367 e. The van der Waals surface area contributed by atoms with E-state index in [0.29, 0.717) is 31.2 Å². The third kappa shape index (κ3) is 3.01. The van der Waals surface area contributed by atoms with Gasteiger partial charge in [-0.1, -0.05) is 11.6 Å². The second-order valence-corrected chi connectivity index (χ2v) is 5.41. The number of aromatic nitrogens is 2. The molecule has 0 aromatic carbocycles. The molecule has 0 saturated carbocycles. The normalized spacial score (nSPS) is 15.0. The molecule has 114 valence electrons. The van der Waals surface area contributed by atoms with E-state index in [-0.39, 0.29) is 11.5 Å². The van der Waals surface area contributed by atoms with Crippen LogP contribution in [0.5, 0.6) is 0 Å². The molecule has 1 aliphatic heterocycles. The highest BCUT2D eigenvalue weighted by Crippen LogP contribution is 2.25. The Labute approximate surface area is 132 Å². The lowest BCUT2D eigenvalue weighted by molar-refractivity contribution is 0.0746. The fourth-order valence-corrected chi connectivity index (χ4v) is 2.73. The summed E-state index contributed by atoms with van der Waals surface area (Å²) in [5.74, 6) is -0.708. The molecule has 0 atom stereocenters. The Morgan fingerprint density at radius 1 is 1.14 bits per heavy atom. The zero-order chi connectivity index (χ0) is 15.5. The molecule has 1 aliphatic rings. The van der Waals surface area contributed by atoms with Gasteiger partial charge in [0.25, 0.3) is 5.91 Å². The van der Waals surface area contributed by atoms with E-state index in [9.17, 15) is 9.18 Å². The predicted octanol–water partition coefficient (Wildman–Crippen LogP) is 2.23. The first-order valence-electron chi connectivity index (χ1n) is 6.89. The fourth-order valence-electron chi connectivity index (χ4n) is 2.49. The van der Waals surface area contributed by atoms with Crippen molar-refractivity contribution in [3.63, 3.8) is 0 Å². The zero-order valence-corrected chi connectivity index (χ0v) is 12.5. The van der Waals surface area contributed by atoms with Crippen LogP contribution in [0.2, 0.25) is 5.02 Å². The molecule has 3 heterocycles. The lowest BCUT2D eigenvalue weighted by Crippen LogP contribution is -2.48. The number of amides is 1. The number of nitrogens with zero attached hydrogens (tertiary/aromatic N) is 4. The average Bonchev–Trinajstić information content (AvgIpc) is 2.55. The lowest BCUT2D eigenvalue weighted by Gasteiger charge is -2.36. The van der Waals surface area contributed by atoms with E-state index >= 15 is 0 Å². The number of hydrogen-bond donors (Lipinski definition) is 0. The minimum atomic E-state index is -0.506. The van der Waals surface area contributed by atoms with E-state index < -0.39 is 5.82 Å². The Balaban J connectivity index is 1.67. The third-order valence-corrected chi connectivity index (χ3v) is 3.90. The SMILES string of the molecule is O=C(c1cncc(F)c1)N1CCN(c2ccncc2Cl)CC1. The zero-order valence-electron chi connectivity index (χ0n) is 11.7. The van der Waals surface area contributed by atoms with E-state index in [4.69, 9.17) is 11.6 Å². The molecule has 0 bridgehead atoms. The van der Waals surface area contributed by atoms with E-state index in [1.54, 1.807) is 17.3 Å². The summed E-state index contributed by atoms with van der Waals surface area (Å²) in [6, 6.07) is 3.07. The number of carbonyl (C=O) groups is 1. The van der Waals surface area contributed by atoms with E-state index in [1.807, 2.05) is 6.07 Å². The summed E-state index contributed by atoms with van der Waals surface area (Å²) in [6.07, 6.45) is 5.77. The van der Waals surface area contributed by atoms with Gasteiger partial charge in [-0.3, -0.25) is 14.8 Å². The molecule has 0 aliphatic carbocycles. The Morgan fingerprint density at radius 2 is 1.91 bits per heavy atom. The Morgan fingerprint density at radius 3 is 2.59 bits per heavy atom. The molecular weight excluding hydrogens is 307 g/mol. The second-order valence-electron chi connectivity index (χ2n) is 5.00. The molecule has 5 nitrogen and oxygen atoms in total. The maximum atomic E-state index is 13.2. The van der Waals surface area contributed by atoms with Crippen LogP contribution in [0.25, 0.3) is 0 Å². The van der Waals surface area contributed by atoms with Gasteiger partial charge in [-0.15, -0.1) is 0 Å². The van der Waals surface area contributed by atoms with Gasteiger partial charge in [-0.2, -0.15) is 0 Å². The van der Waals surface area contributed by atoms with Crippen LogP contribution in [-0.2, 0) is 0 Å². The molecule has 0 spiro atoms. The Bertz CT molecular complexity index is 689. The molecule has 1 fully saturated rings. The molecule has 0 N–H and O–H groups in total. The van der Waals surface area contributed by atoms with Gasteiger partial charge in [0.05, 0.1) is 22.5 Å². The highest BCUT2D eigenvalue weighted by atomic mass is 35.5. The van der Waals surface area contributed by atoms with Crippen LogP contribution in [0.3, 0.4) is 0 Å². The van der Waals surface area contributed by atoms with Crippen LogP contribution in [-0.4, -0.2) is 47.0 Å². The van der Waals surface area contributed by atoms with Crippen molar-refractivity contribution in [1.82, 2.24) is 14.9 Å². The highest BCUT2D eigenvalue weighted by Gasteiger charge is 2.23. The topological polar surface area (TPSA) is 49.3 Å². The number of carbonyl (C=O) groups excluding carboxylic acids is 1. The molecule has 2 aromatic heterocycles. The first kappa shape index (κ1) is 14.7. The van der Waals surface area contributed by atoms with Gasteiger partial charge in [0, 0.05) is 44.8 Å². The summed E-state index contributed by atoms with van der Waals surface area (Å²) in [5, 5.41) is 0.594. The summed E-state index contributed by atoms with van der Waals surface area (Å²) in [6.45, 7) is 2.43. The van der Waals surface area contributed by atoms with Crippen molar-refractivity contribution in [3.05, 3.63) is 53.3 Å². The standard InChI is InChI=1S/C15H14ClFN4O/c16-13-10-18-2-1-14(13)20-3-5-21(6-4-20)15(22)11-7-12(17)9-19-8-11/h1-2,7-10H,3-6H2. The van der Waals surface area contributed by atoms with E-state index in [1.165, 1.54) is 12.3 Å². The molecule has 0 unspecified atom stereocenters. The molecule has 0 radical (unpaired) electrons. The van der Waals surface area contributed by atoms with Gasteiger partial charge in [-0.25, -0.2) is 4.39 Å². The summed E-state index contributed by atoms with van der Waals surface area (Å²) >= 11 is 6.14. The quantitative estimate of drug-likeness (QED) is 0.851. The van der Waals surface area contributed by atoms with Crippen LogP contribution in [0.15, 0.2) is 36.9 Å². The Kier molecular flexibility index (Phi) is 4.20. The molecular formula is C15H14ClFN4O. The van der Waals surface area contributed by atoms with Crippen molar-refractivity contribution < 1.29 is 9.18 Å². The van der Waals surface area contributed by atoms with Crippen molar-refractivity contribution in [2.45, 2.75) is 0 Å². The maximum Gasteiger partial charge on any atom is 0.255 e. The fraction of sp³-hybridized carbons (Fsp3) is 0.267. The molecule has 7 heteroatoms. The van der Waals surface area contributed by atoms with Crippen molar-refractivity contribution in [2.75, 3.05) is 31.1 Å². The summed E-state index contributed by atoms with van der Waals surface area (Å²) in [4.78, 5) is 23.8. The van der Waals surface area contributed by atoms with Crippen LogP contribution in [0, 0.1) is 5.82 Å². The summed E-state index contributed by atoms with van der Waals surface area (Å²) in [7, 11) is 0. The minimum absolute atomic E-state index is 0.201. The van der Waals surface area contributed by atoms with E-state index in [0.717, 1.165) is 11.9 Å². The van der Waals surface area contributed by atoms with Crippen LogP contribution in [0.4, 0.5) is 10.1 Å². The van der Waals surface area contributed by atoms with Crippen LogP contribution >= 0.6 is 11.6 Å². The highest BCUT2D eigenvalue weighted by molar-refractivity contribution is 6.33. The Hall–Kier alpha value is -2.21. The smallest absolute Gasteiger partial charge is 0.255 e. The molecule has 1 saturated heterocycles. The number of rotatable bonds is 2. The van der Waals surface area contributed by atoms with Gasteiger partial charge in [0.1, 0.15) is 5.82 Å². The number of hydrogen-bond acceptors (Lipinski definition) is 4. The molecule has 2 aromatic rings. The van der Waals surface area contributed by atoms with E-state index in [2.05, 4.69) is 14.9 Å². The average molecular weight is 321 g/mol. The number of piperazine rings is 1. The van der Waals surface area contributed by atoms with Crippen LogP contribution in [0.1, 0.15) is 10.4 Å².